The Morgan fingerprint density at radius 2 is 0.973 bits per heavy atom. The molecule has 3 heterocycles. The molecular weight excluding hydrogens is 1070 g/mol. The first-order chi connectivity index (χ1) is 34.9. The Balaban J connectivity index is 1.50. The van der Waals surface area contributed by atoms with Crippen molar-refractivity contribution < 1.29 is 46.2 Å². The van der Waals surface area contributed by atoms with Gasteiger partial charge < -0.3 is 30.0 Å². The number of aromatic nitrogens is 3. The van der Waals surface area contributed by atoms with Gasteiger partial charge in [0.1, 0.15) is 11.7 Å². The van der Waals surface area contributed by atoms with Crippen LogP contribution in [0.4, 0.5) is 14.4 Å². The Morgan fingerprint density at radius 1 is 0.581 bits per heavy atom. The molecule has 1 aromatic heterocycles. The van der Waals surface area contributed by atoms with Gasteiger partial charge in [0.2, 0.25) is 0 Å². The van der Waals surface area contributed by atoms with E-state index in [0.29, 0.717) is 122 Å². The van der Waals surface area contributed by atoms with Crippen LogP contribution in [0.3, 0.4) is 0 Å². The number of aliphatic hydroxyl groups is 1. The Hall–Kier alpha value is -3.29. The molecule has 4 N–H and O–H groups in total. The van der Waals surface area contributed by atoms with Crippen LogP contribution in [0.25, 0.3) is 0 Å². The van der Waals surface area contributed by atoms with Gasteiger partial charge in [-0.2, -0.15) is 0 Å². The molecule has 21 nitrogen and oxygen atoms in total. The number of rotatable bonds is 39. The molecule has 6 atom stereocenters. The average molecular weight is 1170 g/mol. The largest absolute Gasteiger partial charge is 0.443 e. The average Bonchev–Trinajstić information content (AvgIpc) is 4.21. The van der Waals surface area contributed by atoms with E-state index in [1.807, 2.05) is 48.5 Å². The summed E-state index contributed by atoms with van der Waals surface area (Å²) in [5, 5.41) is 18.0. The maximum absolute atomic E-state index is 13.8. The molecular formula is C52H97IN8O13. The van der Waals surface area contributed by atoms with Gasteiger partial charge in [-0.25, -0.2) is 37.7 Å². The summed E-state index contributed by atoms with van der Waals surface area (Å²) in [6, 6.07) is 0.884. The first-order valence-corrected chi connectivity index (χ1v) is 32.4. The summed E-state index contributed by atoms with van der Waals surface area (Å²) in [6.07, 6.45) is 6.57. The van der Waals surface area contributed by atoms with Gasteiger partial charge in [0.25, 0.3) is 0 Å². The van der Waals surface area contributed by atoms with Gasteiger partial charge in [-0.05, 0) is 73.6 Å². The molecule has 0 aromatic carbocycles. The summed E-state index contributed by atoms with van der Waals surface area (Å²) in [4.78, 5) is 87.6. The van der Waals surface area contributed by atoms with Crippen LogP contribution in [-0.4, -0.2) is 170 Å². The third-order valence-corrected chi connectivity index (χ3v) is 14.7. The molecule has 3 rings (SSSR count). The number of nitrogens with one attached hydrogen (secondary N) is 3. The second-order valence-electron chi connectivity index (χ2n) is 22.3. The van der Waals surface area contributed by atoms with Crippen LogP contribution in [0, 0.1) is 0 Å². The number of alkyl carbamates (subject to hydrolysis) is 3. The minimum Gasteiger partial charge on any atom is -0.443 e. The van der Waals surface area contributed by atoms with Crippen molar-refractivity contribution >= 4 is 38.5 Å². The Bertz CT molecular complexity index is 2000. The number of carbonyl (C=O) groups excluding carboxylic acids is 3. The fourth-order valence-corrected chi connectivity index (χ4v) is 9.20. The summed E-state index contributed by atoms with van der Waals surface area (Å²) in [5.74, 6) is 0. The van der Waals surface area contributed by atoms with Crippen molar-refractivity contribution in [3.05, 3.63) is 31.5 Å². The fourth-order valence-electron chi connectivity index (χ4n) is 8.10. The number of halogens is 1. The maximum atomic E-state index is 13.8. The van der Waals surface area contributed by atoms with Crippen molar-refractivity contribution in [2.45, 2.75) is 213 Å². The quantitative estimate of drug-likeness (QED) is 0.0194. The van der Waals surface area contributed by atoms with Gasteiger partial charge in [0, 0.05) is 58.3 Å². The molecule has 3 amide bonds. The van der Waals surface area contributed by atoms with Gasteiger partial charge in [0.15, 0.2) is 0 Å². The second kappa shape index (κ2) is 33.1. The van der Waals surface area contributed by atoms with Gasteiger partial charge in [-0.15, -0.1) is 0 Å². The summed E-state index contributed by atoms with van der Waals surface area (Å²) in [7, 11) is 0. The topological polar surface area (TPSA) is 235 Å². The first kappa shape index (κ1) is 65.0. The van der Waals surface area contributed by atoms with E-state index in [4.69, 9.17) is 26.8 Å². The molecule has 1 aromatic rings. The minimum absolute atomic E-state index is 0.140. The van der Waals surface area contributed by atoms with Gasteiger partial charge >= 0.3 is 177 Å². The number of carbonyl (C=O) groups is 3. The van der Waals surface area contributed by atoms with Crippen molar-refractivity contribution in [2.24, 2.45) is 0 Å². The van der Waals surface area contributed by atoms with E-state index in [9.17, 15) is 33.9 Å². The Morgan fingerprint density at radius 3 is 1.38 bits per heavy atom. The van der Waals surface area contributed by atoms with E-state index in [1.165, 1.54) is 4.57 Å². The molecule has 2 fully saturated rings. The summed E-state index contributed by atoms with van der Waals surface area (Å²) >= 11 is -1.28. The van der Waals surface area contributed by atoms with Gasteiger partial charge in [-0.1, -0.05) is 38.5 Å². The number of hydrogen-bond acceptors (Lipinski definition) is 15. The molecule has 0 spiro atoms. The zero-order chi connectivity index (χ0) is 54.9. The van der Waals surface area contributed by atoms with E-state index >= 15 is 0 Å². The normalized spacial score (nSPS) is 18.6. The van der Waals surface area contributed by atoms with Crippen molar-refractivity contribution in [2.75, 3.05) is 82.1 Å². The van der Waals surface area contributed by atoms with Crippen LogP contribution in [0.2, 0.25) is 0 Å². The zero-order valence-electron chi connectivity index (χ0n) is 47.1. The first-order valence-electron chi connectivity index (χ1n) is 27.2. The molecule has 2 aliphatic heterocycles. The standard InChI is InChI=1S/C52H97IN8O13/c1-40-34-57(40)36-42(38-62)72-44(63)54-26-18-12-15-21-29-59-47(66)60(49(68)61(48(59)67)31-23-17-14-20-28-56-46(65)74-52(8,9)24-32-69-50(3,4)5)30-22-16-13-19-27-55-45(64)73-43(37-58-35-41(58)2)39-70-51(6,7)25-33-71-53(10)11/h40-43,62H,12-39H2,1-11H3,(H,54,63)(H,55,64)(H,56,65). The number of aliphatic hydroxyl groups excluding tert-OH is 1. The van der Waals surface area contributed by atoms with Crippen molar-refractivity contribution in [1.82, 2.24) is 39.5 Å². The molecule has 6 unspecified atom stereocenters. The van der Waals surface area contributed by atoms with Crippen LogP contribution in [-0.2, 0) is 46.4 Å². The summed E-state index contributed by atoms with van der Waals surface area (Å²) < 4.78 is 38.1. The molecule has 0 aliphatic carbocycles. The Labute approximate surface area is 448 Å². The predicted molar refractivity (Wildman–Crippen MR) is 296 cm³/mol. The molecule has 0 saturated carbocycles. The third kappa shape index (κ3) is 27.7. The molecule has 0 bridgehead atoms. The van der Waals surface area contributed by atoms with Crippen molar-refractivity contribution in [3.8, 4) is 0 Å². The van der Waals surface area contributed by atoms with Gasteiger partial charge in [-0.3, -0.25) is 4.90 Å². The third-order valence-electron chi connectivity index (χ3n) is 13.0. The van der Waals surface area contributed by atoms with Crippen LogP contribution in [0.1, 0.15) is 152 Å². The molecule has 430 valence electrons. The smallest absolute Gasteiger partial charge is 0.407 e. The second-order valence-corrected chi connectivity index (χ2v) is 26.9. The number of hydrogen-bond donors (Lipinski definition) is 4. The van der Waals surface area contributed by atoms with Crippen LogP contribution in [0.5, 0.6) is 0 Å². The predicted octanol–water partition coefficient (Wildman–Crippen LogP) is 6.04. The molecule has 0 radical (unpaired) electrons. The monoisotopic (exact) mass is 1170 g/mol. The maximum Gasteiger partial charge on any atom is 0.407 e. The van der Waals surface area contributed by atoms with E-state index in [2.05, 4.69) is 49.5 Å². The SMILES string of the molecule is CC1CN1CC(CO)OC(=O)NCCCCCCn1c(=O)n(CCCCCCNC(=O)OC(COC(C)(C)CCOI(C)C)CN2CC2C)c(=O)n(CCCCCCNC(=O)OC(C)(C)CCOC(C)(C)C)c1=O. The number of ether oxygens (including phenoxy) is 5. The van der Waals surface area contributed by atoms with Crippen molar-refractivity contribution in [3.63, 3.8) is 0 Å². The minimum atomic E-state index is -1.28. The van der Waals surface area contributed by atoms with E-state index in [1.54, 1.807) is 0 Å². The van der Waals surface area contributed by atoms with Gasteiger partial charge in [0.05, 0.1) is 18.8 Å². The molecule has 2 aliphatic rings. The summed E-state index contributed by atoms with van der Waals surface area (Å²) in [6.45, 7) is 23.6. The van der Waals surface area contributed by atoms with E-state index < -0.39 is 79.0 Å². The fraction of sp³-hybridized carbons (Fsp3) is 0.885. The molecule has 22 heteroatoms. The number of amides is 3. The van der Waals surface area contributed by atoms with E-state index in [-0.39, 0.29) is 38.4 Å². The number of alkyl halides is 2. The zero-order valence-corrected chi connectivity index (χ0v) is 49.2. The molecule has 2 saturated heterocycles. The van der Waals surface area contributed by atoms with E-state index in [0.717, 1.165) is 47.9 Å². The molecule has 74 heavy (non-hydrogen) atoms. The number of unbranched alkanes of at least 4 members (excludes halogenated alkanes) is 9. The van der Waals surface area contributed by atoms with Crippen LogP contribution < -0.4 is 33.0 Å². The summed E-state index contributed by atoms with van der Waals surface area (Å²) in [5.41, 5.74) is -3.27. The van der Waals surface area contributed by atoms with Crippen LogP contribution in [0.15, 0.2) is 14.4 Å². The van der Waals surface area contributed by atoms with Crippen LogP contribution >= 0.6 is 20.2 Å². The number of nitrogens with zero attached hydrogens (tertiary/aromatic N) is 5. The Kier molecular flexibility index (Phi) is 29.1. The van der Waals surface area contributed by atoms with Crippen molar-refractivity contribution in [1.29, 1.82) is 0 Å².